The fraction of sp³-hybridized carbons (Fsp3) is 0.364. The van der Waals surface area contributed by atoms with Crippen LogP contribution in [0.3, 0.4) is 0 Å². The molecule has 3 N–H and O–H groups in total. The normalized spacial score (nSPS) is 10.5. The molecule has 1 amide bonds. The lowest BCUT2D eigenvalue weighted by molar-refractivity contribution is 0.0916. The predicted octanol–water partition coefficient (Wildman–Crippen LogP) is 2.23. The summed E-state index contributed by atoms with van der Waals surface area (Å²) in [5, 5.41) is 3.26. The van der Waals surface area contributed by atoms with E-state index in [1.807, 2.05) is 13.8 Å². The van der Waals surface area contributed by atoms with Gasteiger partial charge in [0.15, 0.2) is 0 Å². The van der Waals surface area contributed by atoms with Crippen LogP contribution in [0.1, 0.15) is 24.2 Å². The van der Waals surface area contributed by atoms with Crippen molar-refractivity contribution in [2.45, 2.75) is 19.4 Å². The van der Waals surface area contributed by atoms with Gasteiger partial charge in [-0.05, 0) is 26.0 Å². The van der Waals surface area contributed by atoms with Crippen LogP contribution in [0.5, 0.6) is 0 Å². The number of carbonyl (C=O) groups excluding carboxylic acids is 1. The lowest BCUT2D eigenvalue weighted by Crippen LogP contribution is -2.48. The van der Waals surface area contributed by atoms with Gasteiger partial charge in [-0.1, -0.05) is 23.7 Å². The van der Waals surface area contributed by atoms with Crippen molar-refractivity contribution in [3.63, 3.8) is 0 Å². The number of halogens is 2. The van der Waals surface area contributed by atoms with E-state index in [4.69, 9.17) is 17.3 Å². The van der Waals surface area contributed by atoms with E-state index in [1.54, 1.807) is 24.3 Å². The van der Waals surface area contributed by atoms with Crippen LogP contribution in [0.25, 0.3) is 0 Å². The number of carbonyl (C=O) groups is 1. The van der Waals surface area contributed by atoms with Crippen LogP contribution in [0.2, 0.25) is 5.02 Å². The Labute approximate surface area is 107 Å². The molecule has 3 nitrogen and oxygen atoms in total. The van der Waals surface area contributed by atoms with E-state index in [9.17, 15) is 4.79 Å². The third-order valence-corrected chi connectivity index (χ3v) is 2.41. The monoisotopic (exact) mass is 262 g/mol. The number of amides is 1. The van der Waals surface area contributed by atoms with E-state index in [0.717, 1.165) is 0 Å². The molecule has 0 aromatic heterocycles. The van der Waals surface area contributed by atoms with Crippen molar-refractivity contribution in [3.05, 3.63) is 34.9 Å². The van der Waals surface area contributed by atoms with Gasteiger partial charge < -0.3 is 11.1 Å². The summed E-state index contributed by atoms with van der Waals surface area (Å²) < 4.78 is 0. The second-order valence-electron chi connectivity index (χ2n) is 4.02. The summed E-state index contributed by atoms with van der Waals surface area (Å²) >= 11 is 5.90. The molecule has 0 radical (unpaired) electrons. The summed E-state index contributed by atoms with van der Waals surface area (Å²) in [5.74, 6) is -0.198. The molecule has 0 saturated carbocycles. The third kappa shape index (κ3) is 4.00. The number of nitrogens with two attached hydrogens (primary N) is 1. The zero-order valence-corrected chi connectivity index (χ0v) is 10.9. The van der Waals surface area contributed by atoms with E-state index in [1.165, 1.54) is 0 Å². The topological polar surface area (TPSA) is 55.1 Å². The Hall–Kier alpha value is -0.770. The Kier molecular flexibility index (Phi) is 5.79. The number of rotatable bonds is 3. The molecule has 1 rings (SSSR count). The van der Waals surface area contributed by atoms with Gasteiger partial charge in [0.25, 0.3) is 5.91 Å². The molecule has 0 atom stereocenters. The van der Waals surface area contributed by atoms with Gasteiger partial charge in [-0.3, -0.25) is 4.79 Å². The number of hydrogen-bond donors (Lipinski definition) is 2. The maximum atomic E-state index is 11.8. The quantitative estimate of drug-likeness (QED) is 0.878. The van der Waals surface area contributed by atoms with E-state index in [2.05, 4.69) is 5.32 Å². The van der Waals surface area contributed by atoms with Gasteiger partial charge >= 0.3 is 0 Å². The second kappa shape index (κ2) is 6.09. The molecule has 0 spiro atoms. The number of benzene rings is 1. The van der Waals surface area contributed by atoms with E-state index in [0.29, 0.717) is 17.1 Å². The van der Waals surface area contributed by atoms with Crippen LogP contribution in [0, 0.1) is 0 Å². The van der Waals surface area contributed by atoms with Gasteiger partial charge in [0.05, 0.1) is 10.6 Å². The van der Waals surface area contributed by atoms with Gasteiger partial charge in [0, 0.05) is 12.1 Å². The molecule has 0 aliphatic rings. The molecular weight excluding hydrogens is 247 g/mol. The first kappa shape index (κ1) is 15.2. The first-order valence-corrected chi connectivity index (χ1v) is 5.11. The van der Waals surface area contributed by atoms with Crippen molar-refractivity contribution in [2.75, 3.05) is 6.54 Å². The van der Waals surface area contributed by atoms with Gasteiger partial charge in [-0.2, -0.15) is 0 Å². The fourth-order valence-corrected chi connectivity index (χ4v) is 1.29. The van der Waals surface area contributed by atoms with Gasteiger partial charge in [0.1, 0.15) is 0 Å². The summed E-state index contributed by atoms with van der Waals surface area (Å²) in [6.45, 7) is 4.10. The van der Waals surface area contributed by atoms with Gasteiger partial charge in [-0.25, -0.2) is 0 Å². The molecule has 0 aliphatic heterocycles. The Balaban J connectivity index is 0.00000225. The van der Waals surface area contributed by atoms with Crippen molar-refractivity contribution in [2.24, 2.45) is 5.73 Å². The zero-order valence-electron chi connectivity index (χ0n) is 9.29. The Morgan fingerprint density at radius 2 is 2.00 bits per heavy atom. The molecule has 0 aliphatic carbocycles. The van der Waals surface area contributed by atoms with Gasteiger partial charge in [-0.15, -0.1) is 12.4 Å². The smallest absolute Gasteiger partial charge is 0.253 e. The Bertz CT molecular complexity index is 367. The maximum Gasteiger partial charge on any atom is 0.253 e. The summed E-state index contributed by atoms with van der Waals surface area (Å²) in [6.07, 6.45) is 0. The van der Waals surface area contributed by atoms with E-state index >= 15 is 0 Å². The minimum atomic E-state index is -0.420. The lowest BCUT2D eigenvalue weighted by atomic mass is 10.1. The molecule has 0 unspecified atom stereocenters. The van der Waals surface area contributed by atoms with Crippen molar-refractivity contribution in [1.82, 2.24) is 5.32 Å². The van der Waals surface area contributed by atoms with Crippen molar-refractivity contribution < 1.29 is 4.79 Å². The van der Waals surface area contributed by atoms with Crippen LogP contribution in [-0.4, -0.2) is 18.0 Å². The highest BCUT2D eigenvalue weighted by Gasteiger charge is 2.20. The molecule has 1 aromatic rings. The number of hydrogen-bond acceptors (Lipinski definition) is 2. The molecular formula is C11H16Cl2N2O. The molecule has 16 heavy (non-hydrogen) atoms. The SMILES string of the molecule is CC(C)(CN)NC(=O)c1ccccc1Cl.Cl. The van der Waals surface area contributed by atoms with Crippen LogP contribution in [0.4, 0.5) is 0 Å². The number of nitrogens with one attached hydrogen (secondary N) is 1. The van der Waals surface area contributed by atoms with Crippen molar-refractivity contribution >= 4 is 29.9 Å². The minimum Gasteiger partial charge on any atom is -0.346 e. The molecule has 90 valence electrons. The highest BCUT2D eigenvalue weighted by atomic mass is 35.5. The van der Waals surface area contributed by atoms with Crippen molar-refractivity contribution in [1.29, 1.82) is 0 Å². The Morgan fingerprint density at radius 1 is 1.44 bits per heavy atom. The van der Waals surface area contributed by atoms with E-state index < -0.39 is 5.54 Å². The maximum absolute atomic E-state index is 11.8. The molecule has 0 saturated heterocycles. The van der Waals surface area contributed by atoms with Crippen LogP contribution < -0.4 is 11.1 Å². The summed E-state index contributed by atoms with van der Waals surface area (Å²) in [5.41, 5.74) is 5.58. The standard InChI is InChI=1S/C11H15ClN2O.ClH/c1-11(2,7-13)14-10(15)8-5-3-4-6-9(8)12;/h3-6H,7,13H2,1-2H3,(H,14,15);1H. The van der Waals surface area contributed by atoms with Crippen molar-refractivity contribution in [3.8, 4) is 0 Å². The van der Waals surface area contributed by atoms with Gasteiger partial charge in [0.2, 0.25) is 0 Å². The molecule has 0 fully saturated rings. The zero-order chi connectivity index (χ0) is 11.5. The third-order valence-electron chi connectivity index (χ3n) is 2.08. The second-order valence-corrected chi connectivity index (χ2v) is 4.43. The molecule has 0 bridgehead atoms. The largest absolute Gasteiger partial charge is 0.346 e. The minimum absolute atomic E-state index is 0. The molecule has 5 heteroatoms. The first-order chi connectivity index (χ1) is 6.96. The van der Waals surface area contributed by atoms with Crippen LogP contribution >= 0.6 is 24.0 Å². The summed E-state index contributed by atoms with van der Waals surface area (Å²) in [7, 11) is 0. The first-order valence-electron chi connectivity index (χ1n) is 4.73. The molecule has 0 heterocycles. The van der Waals surface area contributed by atoms with Crippen LogP contribution in [0.15, 0.2) is 24.3 Å². The van der Waals surface area contributed by atoms with E-state index in [-0.39, 0.29) is 18.3 Å². The average molecular weight is 263 g/mol. The van der Waals surface area contributed by atoms with Crippen LogP contribution in [-0.2, 0) is 0 Å². The Morgan fingerprint density at radius 3 is 2.50 bits per heavy atom. The average Bonchev–Trinajstić information content (AvgIpc) is 2.17. The highest BCUT2D eigenvalue weighted by molar-refractivity contribution is 6.33. The lowest BCUT2D eigenvalue weighted by Gasteiger charge is -2.24. The summed E-state index contributed by atoms with van der Waals surface area (Å²) in [6, 6.07) is 6.93. The fourth-order valence-electron chi connectivity index (χ4n) is 1.07. The predicted molar refractivity (Wildman–Crippen MR) is 69.3 cm³/mol. The highest BCUT2D eigenvalue weighted by Crippen LogP contribution is 2.15. The molecule has 1 aromatic carbocycles. The summed E-state index contributed by atoms with van der Waals surface area (Å²) in [4.78, 5) is 11.8.